The number of anilines is 1. The molecule has 1 aliphatic rings. The number of aromatic nitrogens is 3. The predicted octanol–water partition coefficient (Wildman–Crippen LogP) is 3.43. The van der Waals surface area contributed by atoms with E-state index in [1.165, 1.54) is 38.0 Å². The highest BCUT2D eigenvalue weighted by Crippen LogP contribution is 2.41. The Hall–Kier alpha value is -2.69. The van der Waals surface area contributed by atoms with Gasteiger partial charge in [-0.15, -0.1) is 10.2 Å². The van der Waals surface area contributed by atoms with Crippen LogP contribution in [0.5, 0.6) is 0 Å². The topological polar surface area (TPSA) is 97.2 Å². The molecule has 0 radical (unpaired) electrons. The summed E-state index contributed by atoms with van der Waals surface area (Å²) in [6.07, 6.45) is 2.20. The number of thioether (sulfide) groups is 1. The van der Waals surface area contributed by atoms with E-state index < -0.39 is 10.0 Å². The van der Waals surface area contributed by atoms with E-state index >= 15 is 0 Å². The third-order valence-corrected chi connectivity index (χ3v) is 7.95. The zero-order valence-electron chi connectivity index (χ0n) is 18.1. The lowest BCUT2D eigenvalue weighted by molar-refractivity contribution is -0.113. The Labute approximate surface area is 192 Å². The zero-order valence-corrected chi connectivity index (χ0v) is 19.8. The highest BCUT2D eigenvalue weighted by molar-refractivity contribution is 7.99. The van der Waals surface area contributed by atoms with Crippen molar-refractivity contribution in [2.75, 3.05) is 25.2 Å². The van der Waals surface area contributed by atoms with Crippen LogP contribution >= 0.6 is 11.8 Å². The second-order valence-electron chi connectivity index (χ2n) is 7.89. The molecule has 0 saturated heterocycles. The van der Waals surface area contributed by atoms with Gasteiger partial charge in [0.25, 0.3) is 0 Å². The van der Waals surface area contributed by atoms with Gasteiger partial charge in [0.15, 0.2) is 5.16 Å². The summed E-state index contributed by atoms with van der Waals surface area (Å²) >= 11 is 1.31. The van der Waals surface area contributed by atoms with Crippen molar-refractivity contribution in [1.82, 2.24) is 19.1 Å². The maximum absolute atomic E-state index is 12.7. The van der Waals surface area contributed by atoms with Gasteiger partial charge in [-0.1, -0.05) is 36.0 Å². The highest BCUT2D eigenvalue weighted by Gasteiger charge is 2.31. The number of amides is 1. The molecule has 1 aromatic heterocycles. The minimum atomic E-state index is -3.59. The number of carbonyl (C=O) groups excluding carboxylic acids is 1. The Morgan fingerprint density at radius 3 is 2.53 bits per heavy atom. The quantitative estimate of drug-likeness (QED) is 0.506. The molecule has 32 heavy (non-hydrogen) atoms. The average Bonchev–Trinajstić information content (AvgIpc) is 3.53. The van der Waals surface area contributed by atoms with Crippen LogP contribution in [0, 0.1) is 6.92 Å². The fourth-order valence-corrected chi connectivity index (χ4v) is 4.91. The van der Waals surface area contributed by atoms with Gasteiger partial charge in [0.1, 0.15) is 5.82 Å². The first-order valence-corrected chi connectivity index (χ1v) is 12.7. The molecule has 1 aliphatic carbocycles. The van der Waals surface area contributed by atoms with Gasteiger partial charge >= 0.3 is 0 Å². The van der Waals surface area contributed by atoms with Crippen molar-refractivity contribution < 1.29 is 13.2 Å². The van der Waals surface area contributed by atoms with Crippen LogP contribution in [0.1, 0.15) is 30.1 Å². The minimum absolute atomic E-state index is 0.125. The van der Waals surface area contributed by atoms with Gasteiger partial charge in [0, 0.05) is 31.4 Å². The maximum atomic E-state index is 12.7. The summed E-state index contributed by atoms with van der Waals surface area (Å²) in [5.74, 6) is 1.22. The smallest absolute Gasteiger partial charge is 0.242 e. The van der Waals surface area contributed by atoms with Crippen LogP contribution in [0.2, 0.25) is 0 Å². The molecule has 0 aliphatic heterocycles. The molecule has 0 unspecified atom stereocenters. The number of nitrogens with one attached hydrogen (secondary N) is 1. The summed E-state index contributed by atoms with van der Waals surface area (Å²) < 4.78 is 28.0. The Morgan fingerprint density at radius 1 is 1.16 bits per heavy atom. The summed E-state index contributed by atoms with van der Waals surface area (Å²) in [6.45, 7) is 1.82. The van der Waals surface area contributed by atoms with E-state index in [0.29, 0.717) is 16.8 Å². The van der Waals surface area contributed by atoms with Crippen LogP contribution in [-0.2, 0) is 14.8 Å². The minimum Gasteiger partial charge on any atom is -0.325 e. The van der Waals surface area contributed by atoms with Crippen molar-refractivity contribution in [3.63, 3.8) is 0 Å². The Bertz CT molecular complexity index is 1240. The van der Waals surface area contributed by atoms with Crippen molar-refractivity contribution in [2.24, 2.45) is 0 Å². The molecule has 8 nitrogen and oxygen atoms in total. The molecular formula is C22H25N5O3S2. The van der Waals surface area contributed by atoms with Gasteiger partial charge in [-0.2, -0.15) is 0 Å². The maximum Gasteiger partial charge on any atom is 0.242 e. The zero-order chi connectivity index (χ0) is 22.9. The second-order valence-corrected chi connectivity index (χ2v) is 11.0. The van der Waals surface area contributed by atoms with Crippen LogP contribution in [0.3, 0.4) is 0 Å². The van der Waals surface area contributed by atoms with Crippen LogP contribution in [0.25, 0.3) is 5.69 Å². The third kappa shape index (κ3) is 4.72. The van der Waals surface area contributed by atoms with Crippen molar-refractivity contribution >= 4 is 33.4 Å². The van der Waals surface area contributed by atoms with E-state index in [9.17, 15) is 13.2 Å². The SMILES string of the molecule is Cc1ccc(S(=O)(=O)N(C)C)cc1NC(=O)CSc1nnc(C2CC2)n1-c1ccccc1. The van der Waals surface area contributed by atoms with Crippen LogP contribution in [-0.4, -0.2) is 53.2 Å². The van der Waals surface area contributed by atoms with E-state index in [4.69, 9.17) is 0 Å². The number of para-hydroxylation sites is 1. The molecule has 10 heteroatoms. The fourth-order valence-electron chi connectivity index (χ4n) is 3.22. The van der Waals surface area contributed by atoms with Gasteiger partial charge in [-0.25, -0.2) is 12.7 Å². The molecule has 168 valence electrons. The monoisotopic (exact) mass is 471 g/mol. The average molecular weight is 472 g/mol. The predicted molar refractivity (Wildman–Crippen MR) is 125 cm³/mol. The third-order valence-electron chi connectivity index (χ3n) is 5.21. The van der Waals surface area contributed by atoms with Crippen LogP contribution in [0.15, 0.2) is 58.6 Å². The fraction of sp³-hybridized carbons (Fsp3) is 0.318. The largest absolute Gasteiger partial charge is 0.325 e. The number of hydrogen-bond acceptors (Lipinski definition) is 6. The van der Waals surface area contributed by atoms with E-state index in [2.05, 4.69) is 15.5 Å². The normalized spacial score (nSPS) is 14.0. The van der Waals surface area contributed by atoms with Crippen molar-refractivity contribution in [3.8, 4) is 5.69 Å². The first-order chi connectivity index (χ1) is 15.3. The van der Waals surface area contributed by atoms with Gasteiger partial charge in [0.2, 0.25) is 15.9 Å². The second kappa shape index (κ2) is 9.05. The summed E-state index contributed by atoms with van der Waals surface area (Å²) in [4.78, 5) is 12.8. The number of benzene rings is 2. The molecule has 2 aromatic carbocycles. The number of carbonyl (C=O) groups is 1. The van der Waals surface area contributed by atoms with Crippen LogP contribution < -0.4 is 5.32 Å². The molecule has 0 atom stereocenters. The lowest BCUT2D eigenvalue weighted by Gasteiger charge is -2.14. The molecule has 0 spiro atoms. The molecule has 1 fully saturated rings. The summed E-state index contributed by atoms with van der Waals surface area (Å²) in [5.41, 5.74) is 2.23. The van der Waals surface area contributed by atoms with Crippen LogP contribution in [0.4, 0.5) is 5.69 Å². The van der Waals surface area contributed by atoms with E-state index in [1.807, 2.05) is 41.8 Å². The molecule has 4 rings (SSSR count). The molecule has 1 amide bonds. The first-order valence-electron chi connectivity index (χ1n) is 10.2. The number of aryl methyl sites for hydroxylation is 1. The number of rotatable bonds is 8. The number of nitrogens with zero attached hydrogens (tertiary/aromatic N) is 4. The molecule has 1 heterocycles. The molecular weight excluding hydrogens is 446 g/mol. The van der Waals surface area contributed by atoms with E-state index in [0.717, 1.165) is 34.2 Å². The van der Waals surface area contributed by atoms with E-state index in [-0.39, 0.29) is 16.6 Å². The molecule has 0 bridgehead atoms. The molecule has 1 saturated carbocycles. The Morgan fingerprint density at radius 2 is 1.88 bits per heavy atom. The lowest BCUT2D eigenvalue weighted by Crippen LogP contribution is -2.22. The first kappa shape index (κ1) is 22.5. The van der Waals surface area contributed by atoms with Gasteiger partial charge in [0.05, 0.1) is 10.6 Å². The summed E-state index contributed by atoms with van der Waals surface area (Å²) in [6, 6.07) is 14.6. The molecule has 3 aromatic rings. The van der Waals surface area contributed by atoms with Gasteiger partial charge < -0.3 is 5.32 Å². The summed E-state index contributed by atoms with van der Waals surface area (Å²) in [7, 11) is -0.638. The van der Waals surface area contributed by atoms with Crippen molar-refractivity contribution in [2.45, 2.75) is 35.7 Å². The Kier molecular flexibility index (Phi) is 6.36. The highest BCUT2D eigenvalue weighted by atomic mass is 32.2. The standard InChI is InChI=1S/C22H25N5O3S2/c1-15-9-12-18(32(29,30)26(2)3)13-19(15)23-20(28)14-31-22-25-24-21(16-10-11-16)27(22)17-7-5-4-6-8-17/h4-9,12-13,16H,10-11,14H2,1-3H3,(H,23,28). The number of sulfonamides is 1. The number of hydrogen-bond donors (Lipinski definition) is 1. The Balaban J connectivity index is 1.50. The molecule has 1 N–H and O–H groups in total. The van der Waals surface area contributed by atoms with Gasteiger partial charge in [-0.3, -0.25) is 9.36 Å². The van der Waals surface area contributed by atoms with Crippen molar-refractivity contribution in [1.29, 1.82) is 0 Å². The summed E-state index contributed by atoms with van der Waals surface area (Å²) in [5, 5.41) is 12.2. The lowest BCUT2D eigenvalue weighted by atomic mass is 10.2. The van der Waals surface area contributed by atoms with Gasteiger partial charge in [-0.05, 0) is 49.6 Å². The van der Waals surface area contributed by atoms with Crippen molar-refractivity contribution in [3.05, 3.63) is 59.9 Å². The van der Waals surface area contributed by atoms with E-state index in [1.54, 1.807) is 6.07 Å².